The lowest BCUT2D eigenvalue weighted by molar-refractivity contribution is -0.136. The van der Waals surface area contributed by atoms with E-state index in [9.17, 15) is 13.6 Å². The zero-order chi connectivity index (χ0) is 19.2. The van der Waals surface area contributed by atoms with Gasteiger partial charge >= 0.3 is 5.97 Å². The molecule has 0 spiro atoms. The van der Waals surface area contributed by atoms with Crippen molar-refractivity contribution in [1.82, 2.24) is 9.97 Å². The van der Waals surface area contributed by atoms with Crippen molar-refractivity contribution in [3.05, 3.63) is 77.6 Å². The smallest absolute Gasteiger partial charge is 0.303 e. The average molecular weight is 370 g/mol. The Morgan fingerprint density at radius 2 is 1.89 bits per heavy atom. The van der Waals surface area contributed by atoms with Crippen LogP contribution in [0.2, 0.25) is 0 Å². The van der Waals surface area contributed by atoms with Gasteiger partial charge in [-0.3, -0.25) is 9.78 Å². The molecule has 0 aliphatic heterocycles. The van der Waals surface area contributed by atoms with Gasteiger partial charge in [0, 0.05) is 12.0 Å². The minimum absolute atomic E-state index is 0.0472. The number of halogens is 2. The molecule has 0 unspecified atom stereocenters. The molecule has 0 radical (unpaired) electrons. The molecule has 2 aromatic carbocycles. The molecular formula is C20H16F2N2O3. The predicted molar refractivity (Wildman–Crippen MR) is 94.1 cm³/mol. The summed E-state index contributed by atoms with van der Waals surface area (Å²) in [4.78, 5) is 18.8. The van der Waals surface area contributed by atoms with Crippen molar-refractivity contribution in [2.24, 2.45) is 0 Å². The number of carboxylic acid groups (broad SMARTS) is 1. The maximum atomic E-state index is 14.0. The zero-order valence-electron chi connectivity index (χ0n) is 14.2. The number of carboxylic acids is 1. The first-order valence-electron chi connectivity index (χ1n) is 8.22. The molecule has 0 bridgehead atoms. The van der Waals surface area contributed by atoms with Crippen LogP contribution in [0.1, 0.15) is 17.5 Å². The summed E-state index contributed by atoms with van der Waals surface area (Å²) >= 11 is 0. The minimum atomic E-state index is -0.977. The topological polar surface area (TPSA) is 72.3 Å². The maximum absolute atomic E-state index is 14.0. The van der Waals surface area contributed by atoms with Crippen molar-refractivity contribution in [3.8, 4) is 17.1 Å². The van der Waals surface area contributed by atoms with Gasteiger partial charge in [0.15, 0.2) is 0 Å². The van der Waals surface area contributed by atoms with Crippen LogP contribution in [-0.4, -0.2) is 21.0 Å². The van der Waals surface area contributed by atoms with Crippen LogP contribution in [0.3, 0.4) is 0 Å². The third-order valence-corrected chi connectivity index (χ3v) is 3.87. The second kappa shape index (κ2) is 8.35. The highest BCUT2D eigenvalue weighted by Gasteiger charge is 2.09. The molecule has 0 aliphatic carbocycles. The van der Waals surface area contributed by atoms with E-state index in [0.29, 0.717) is 22.4 Å². The number of rotatable bonds is 7. The van der Waals surface area contributed by atoms with Gasteiger partial charge in [-0.25, -0.2) is 13.8 Å². The van der Waals surface area contributed by atoms with Gasteiger partial charge in [0.25, 0.3) is 0 Å². The molecule has 1 N–H and O–H groups in total. The van der Waals surface area contributed by atoms with Crippen LogP contribution in [0.4, 0.5) is 8.78 Å². The van der Waals surface area contributed by atoms with E-state index >= 15 is 0 Å². The van der Waals surface area contributed by atoms with E-state index in [-0.39, 0.29) is 25.3 Å². The summed E-state index contributed by atoms with van der Waals surface area (Å²) in [5.41, 5.74) is 1.54. The third kappa shape index (κ3) is 4.84. The van der Waals surface area contributed by atoms with Gasteiger partial charge in [0.2, 0.25) is 5.88 Å². The average Bonchev–Trinajstić information content (AvgIpc) is 2.66. The molecule has 3 aromatic rings. The second-order valence-corrected chi connectivity index (χ2v) is 5.83. The molecule has 0 amide bonds. The maximum Gasteiger partial charge on any atom is 0.303 e. The van der Waals surface area contributed by atoms with E-state index in [2.05, 4.69) is 9.97 Å². The molecule has 1 aromatic heterocycles. The van der Waals surface area contributed by atoms with Crippen molar-refractivity contribution in [2.75, 3.05) is 0 Å². The van der Waals surface area contributed by atoms with Gasteiger partial charge in [0.05, 0.1) is 18.1 Å². The number of carbonyl (C=O) groups is 1. The van der Waals surface area contributed by atoms with Crippen LogP contribution < -0.4 is 4.74 Å². The lowest BCUT2D eigenvalue weighted by Gasteiger charge is -2.09. The molecule has 5 nitrogen and oxygen atoms in total. The van der Waals surface area contributed by atoms with Crippen LogP contribution in [0.15, 0.2) is 54.9 Å². The number of benzene rings is 2. The Kier molecular flexibility index (Phi) is 5.71. The first kappa shape index (κ1) is 18.4. The Morgan fingerprint density at radius 1 is 1.07 bits per heavy atom. The van der Waals surface area contributed by atoms with Gasteiger partial charge in [-0.2, -0.15) is 0 Å². The van der Waals surface area contributed by atoms with Gasteiger partial charge in [0.1, 0.15) is 18.2 Å². The van der Waals surface area contributed by atoms with E-state index in [1.165, 1.54) is 24.5 Å². The van der Waals surface area contributed by atoms with Gasteiger partial charge in [-0.15, -0.1) is 0 Å². The fourth-order valence-corrected chi connectivity index (χ4v) is 2.50. The summed E-state index contributed by atoms with van der Waals surface area (Å²) in [6.07, 6.45) is 2.81. The number of aryl methyl sites for hydroxylation is 1. The molecule has 3 rings (SSSR count). The molecule has 7 heteroatoms. The van der Waals surface area contributed by atoms with Crippen molar-refractivity contribution in [1.29, 1.82) is 0 Å². The second-order valence-electron chi connectivity index (χ2n) is 5.83. The zero-order valence-corrected chi connectivity index (χ0v) is 14.2. The molecule has 27 heavy (non-hydrogen) atoms. The summed E-state index contributed by atoms with van der Waals surface area (Å²) in [5.74, 6) is -1.69. The number of ether oxygens (including phenoxy) is 1. The Bertz CT molecular complexity index is 963. The van der Waals surface area contributed by atoms with Crippen LogP contribution in [0.25, 0.3) is 11.3 Å². The minimum Gasteiger partial charge on any atom is -0.481 e. The van der Waals surface area contributed by atoms with Crippen LogP contribution in [0, 0.1) is 11.6 Å². The van der Waals surface area contributed by atoms with Crippen molar-refractivity contribution >= 4 is 5.97 Å². The lowest BCUT2D eigenvalue weighted by Crippen LogP contribution is -2.02. The normalized spacial score (nSPS) is 10.6. The Hall–Kier alpha value is -3.35. The number of hydrogen-bond donors (Lipinski definition) is 1. The van der Waals surface area contributed by atoms with Crippen LogP contribution >= 0.6 is 0 Å². The number of aliphatic carboxylic acids is 1. The summed E-state index contributed by atoms with van der Waals surface area (Å²) in [6.45, 7) is 0.0472. The lowest BCUT2D eigenvalue weighted by atomic mass is 10.1. The number of nitrogens with zero attached hydrogens (tertiary/aromatic N) is 2. The highest BCUT2D eigenvalue weighted by atomic mass is 19.1. The van der Waals surface area contributed by atoms with E-state index in [1.54, 1.807) is 30.3 Å². The number of hydrogen-bond acceptors (Lipinski definition) is 4. The van der Waals surface area contributed by atoms with Crippen LogP contribution in [0.5, 0.6) is 5.88 Å². The quantitative estimate of drug-likeness (QED) is 0.680. The summed E-state index contributed by atoms with van der Waals surface area (Å²) in [5, 5.41) is 8.67. The summed E-state index contributed by atoms with van der Waals surface area (Å²) in [7, 11) is 0. The molecule has 0 aliphatic rings. The summed E-state index contributed by atoms with van der Waals surface area (Å²) in [6, 6.07) is 10.7. The van der Waals surface area contributed by atoms with E-state index in [1.807, 2.05) is 0 Å². The molecular weight excluding hydrogens is 354 g/mol. The van der Waals surface area contributed by atoms with Gasteiger partial charge in [-0.1, -0.05) is 24.3 Å². The fraction of sp³-hybridized carbons (Fsp3) is 0.150. The standard InChI is InChI=1S/C20H16F2N2O3/c21-16-4-2-1-3-15(16)18-10-23-11-19(24-18)27-12-13-5-6-14(17(22)9-13)7-8-20(25)26/h1-6,9-11H,7-8,12H2,(H,25,26). The van der Waals surface area contributed by atoms with Crippen LogP contribution in [-0.2, 0) is 17.8 Å². The van der Waals surface area contributed by atoms with E-state index in [0.717, 1.165) is 0 Å². The fourth-order valence-electron chi connectivity index (χ4n) is 2.50. The van der Waals surface area contributed by atoms with E-state index in [4.69, 9.17) is 9.84 Å². The van der Waals surface area contributed by atoms with Gasteiger partial charge < -0.3 is 9.84 Å². The molecule has 138 valence electrons. The first-order valence-corrected chi connectivity index (χ1v) is 8.22. The van der Waals surface area contributed by atoms with Crippen molar-refractivity contribution in [2.45, 2.75) is 19.4 Å². The molecule has 0 saturated heterocycles. The van der Waals surface area contributed by atoms with Crippen molar-refractivity contribution in [3.63, 3.8) is 0 Å². The highest BCUT2D eigenvalue weighted by Crippen LogP contribution is 2.22. The third-order valence-electron chi connectivity index (χ3n) is 3.87. The monoisotopic (exact) mass is 370 g/mol. The number of aromatic nitrogens is 2. The Balaban J connectivity index is 1.68. The first-order chi connectivity index (χ1) is 13.0. The highest BCUT2D eigenvalue weighted by molar-refractivity contribution is 5.67. The Morgan fingerprint density at radius 3 is 2.63 bits per heavy atom. The molecule has 1 heterocycles. The SMILES string of the molecule is O=C(O)CCc1ccc(COc2cncc(-c3ccccc3F)n2)cc1F. The van der Waals surface area contributed by atoms with E-state index < -0.39 is 17.6 Å². The Labute approximate surface area is 154 Å². The molecule has 0 atom stereocenters. The molecule has 0 fully saturated rings. The summed E-state index contributed by atoms with van der Waals surface area (Å²) < 4.78 is 33.4. The molecule has 0 saturated carbocycles. The predicted octanol–water partition coefficient (Wildman–Crippen LogP) is 4.02. The van der Waals surface area contributed by atoms with Crippen molar-refractivity contribution < 1.29 is 23.4 Å². The van der Waals surface area contributed by atoms with Gasteiger partial charge in [-0.05, 0) is 35.7 Å². The largest absolute Gasteiger partial charge is 0.481 e.